The standard InChI is InChI=1S/C18H20ClN7O.C2HF3O2/c19-17-13(26-8-2-1-3-15(26)22-17)4-5-16(27)25-9-6-12(7-10-25)18-21-14(11-20)23-24-18;3-2(4,5)1(6)7/h1-5,8,12H,6-7,9-11,20H2,(H,21,23,24);(H,6,7)/b5-4+;. The molecule has 1 amide bonds. The number of imidazole rings is 1. The minimum absolute atomic E-state index is 0.0342. The van der Waals surface area contributed by atoms with Gasteiger partial charge in [-0.15, -0.1) is 0 Å². The molecule has 1 aliphatic heterocycles. The van der Waals surface area contributed by atoms with E-state index in [2.05, 4.69) is 20.2 Å². The normalized spacial score (nSPS) is 14.9. The van der Waals surface area contributed by atoms with Crippen LogP contribution >= 0.6 is 11.6 Å². The highest BCUT2D eigenvalue weighted by Gasteiger charge is 2.38. The van der Waals surface area contributed by atoms with E-state index in [1.807, 2.05) is 33.7 Å². The van der Waals surface area contributed by atoms with Gasteiger partial charge in [0.25, 0.3) is 0 Å². The van der Waals surface area contributed by atoms with Crippen LogP contribution in [0.1, 0.15) is 36.1 Å². The van der Waals surface area contributed by atoms with Gasteiger partial charge in [0.15, 0.2) is 11.0 Å². The number of fused-ring (bicyclic) bond motifs is 1. The van der Waals surface area contributed by atoms with E-state index >= 15 is 0 Å². The SMILES string of the molecule is NCc1nc(C2CCN(C(=O)/C=C/c3c(Cl)nc4ccccn34)CC2)n[nH]1.O=C(O)C(F)(F)F. The van der Waals surface area contributed by atoms with Crippen LogP contribution in [-0.4, -0.2) is 65.7 Å². The number of aliphatic carboxylic acids is 1. The zero-order valence-corrected chi connectivity index (χ0v) is 18.4. The number of likely N-dealkylation sites (tertiary alicyclic amines) is 1. The molecule has 0 saturated carbocycles. The number of alkyl halides is 3. The van der Waals surface area contributed by atoms with Crippen molar-refractivity contribution in [1.29, 1.82) is 0 Å². The fraction of sp³-hybridized carbons (Fsp3) is 0.350. The number of nitrogens with two attached hydrogens (primary N) is 1. The molecular formula is C20H21ClF3N7O3. The molecule has 0 atom stereocenters. The molecule has 3 aromatic rings. The largest absolute Gasteiger partial charge is 0.490 e. The molecule has 0 aliphatic carbocycles. The molecule has 0 spiro atoms. The highest BCUT2D eigenvalue weighted by atomic mass is 35.5. The summed E-state index contributed by atoms with van der Waals surface area (Å²) in [5, 5.41) is 14.6. The Balaban J connectivity index is 0.000000406. The first-order valence-corrected chi connectivity index (χ1v) is 10.5. The summed E-state index contributed by atoms with van der Waals surface area (Å²) in [6.45, 7) is 1.68. The van der Waals surface area contributed by atoms with Gasteiger partial charge in [-0.1, -0.05) is 17.7 Å². The lowest BCUT2D eigenvalue weighted by molar-refractivity contribution is -0.192. The van der Waals surface area contributed by atoms with Crippen molar-refractivity contribution >= 4 is 35.2 Å². The number of hydrogen-bond donors (Lipinski definition) is 3. The molecule has 4 heterocycles. The molecule has 1 saturated heterocycles. The van der Waals surface area contributed by atoms with E-state index in [1.165, 1.54) is 0 Å². The maximum absolute atomic E-state index is 12.5. The van der Waals surface area contributed by atoms with Crippen LogP contribution in [0.5, 0.6) is 0 Å². The minimum Gasteiger partial charge on any atom is -0.475 e. The van der Waals surface area contributed by atoms with Crippen molar-refractivity contribution in [2.24, 2.45) is 5.73 Å². The quantitative estimate of drug-likeness (QED) is 0.468. The van der Waals surface area contributed by atoms with Crippen LogP contribution in [0.2, 0.25) is 5.15 Å². The monoisotopic (exact) mass is 499 g/mol. The second-order valence-electron chi connectivity index (χ2n) is 7.30. The van der Waals surface area contributed by atoms with Gasteiger partial charge in [0.05, 0.1) is 12.2 Å². The number of aromatic amines is 1. The summed E-state index contributed by atoms with van der Waals surface area (Å²) in [7, 11) is 0. The molecule has 0 aromatic carbocycles. The molecule has 0 unspecified atom stereocenters. The molecule has 1 fully saturated rings. The zero-order chi connectivity index (χ0) is 24.9. The number of carbonyl (C=O) groups is 2. The van der Waals surface area contributed by atoms with Gasteiger partial charge >= 0.3 is 12.1 Å². The third kappa shape index (κ3) is 6.11. The maximum atomic E-state index is 12.5. The Bertz CT molecular complexity index is 1180. The number of halogens is 4. The first-order chi connectivity index (χ1) is 16.1. The average molecular weight is 500 g/mol. The molecule has 0 bridgehead atoms. The number of rotatable bonds is 4. The number of hydrogen-bond acceptors (Lipinski definition) is 6. The van der Waals surface area contributed by atoms with Crippen LogP contribution in [0.3, 0.4) is 0 Å². The Morgan fingerprint density at radius 2 is 1.94 bits per heavy atom. The molecule has 1 aliphatic rings. The van der Waals surface area contributed by atoms with Gasteiger partial charge in [-0.25, -0.2) is 14.8 Å². The third-order valence-corrected chi connectivity index (χ3v) is 5.34. The lowest BCUT2D eigenvalue weighted by atomic mass is 9.96. The fourth-order valence-electron chi connectivity index (χ4n) is 3.33. The van der Waals surface area contributed by atoms with E-state index in [0.29, 0.717) is 36.3 Å². The van der Waals surface area contributed by atoms with Crippen LogP contribution in [0.4, 0.5) is 13.2 Å². The predicted molar refractivity (Wildman–Crippen MR) is 116 cm³/mol. The van der Waals surface area contributed by atoms with Gasteiger partial charge in [-0.05, 0) is 31.1 Å². The van der Waals surface area contributed by atoms with Crippen molar-refractivity contribution in [3.8, 4) is 0 Å². The molecular weight excluding hydrogens is 479 g/mol. The van der Waals surface area contributed by atoms with Gasteiger partial charge in [0, 0.05) is 31.3 Å². The van der Waals surface area contributed by atoms with E-state index in [1.54, 1.807) is 12.2 Å². The second-order valence-corrected chi connectivity index (χ2v) is 7.65. The maximum Gasteiger partial charge on any atom is 0.490 e. The zero-order valence-electron chi connectivity index (χ0n) is 17.7. The number of nitrogens with one attached hydrogen (secondary N) is 1. The first kappa shape index (κ1) is 25.2. The van der Waals surface area contributed by atoms with Crippen LogP contribution in [0.25, 0.3) is 11.7 Å². The van der Waals surface area contributed by atoms with Gasteiger partial charge < -0.3 is 15.7 Å². The third-order valence-electron chi connectivity index (χ3n) is 5.06. The average Bonchev–Trinajstić information content (AvgIpc) is 3.41. The molecule has 4 N–H and O–H groups in total. The van der Waals surface area contributed by atoms with Crippen molar-refractivity contribution in [3.05, 3.63) is 53.0 Å². The molecule has 182 valence electrons. The number of nitrogens with zero attached hydrogens (tertiary/aromatic N) is 5. The molecule has 4 rings (SSSR count). The lowest BCUT2D eigenvalue weighted by Crippen LogP contribution is -2.37. The number of aromatic nitrogens is 5. The fourth-order valence-corrected chi connectivity index (χ4v) is 3.57. The van der Waals surface area contributed by atoms with E-state index in [9.17, 15) is 18.0 Å². The second kappa shape index (κ2) is 10.7. The summed E-state index contributed by atoms with van der Waals surface area (Å²) in [6.07, 6.45) is 1.73. The Hall–Kier alpha value is -3.45. The van der Waals surface area contributed by atoms with E-state index in [-0.39, 0.29) is 11.8 Å². The number of carboxylic acid groups (broad SMARTS) is 1. The van der Waals surface area contributed by atoms with Crippen LogP contribution < -0.4 is 5.73 Å². The molecule has 0 radical (unpaired) electrons. The number of carboxylic acids is 1. The minimum atomic E-state index is -5.08. The summed E-state index contributed by atoms with van der Waals surface area (Å²) in [5.74, 6) is -1.06. The summed E-state index contributed by atoms with van der Waals surface area (Å²) in [4.78, 5) is 32.0. The van der Waals surface area contributed by atoms with Crippen LogP contribution in [0, 0.1) is 0 Å². The summed E-state index contributed by atoms with van der Waals surface area (Å²) >= 11 is 6.20. The van der Waals surface area contributed by atoms with Crippen molar-refractivity contribution < 1.29 is 27.9 Å². The van der Waals surface area contributed by atoms with Gasteiger partial charge in [-0.3, -0.25) is 14.3 Å². The van der Waals surface area contributed by atoms with Gasteiger partial charge in [-0.2, -0.15) is 18.3 Å². The lowest BCUT2D eigenvalue weighted by Gasteiger charge is -2.30. The summed E-state index contributed by atoms with van der Waals surface area (Å²) in [5.41, 5.74) is 7.01. The number of amides is 1. The molecule has 3 aromatic heterocycles. The van der Waals surface area contributed by atoms with Crippen molar-refractivity contribution in [2.45, 2.75) is 31.5 Å². The van der Waals surface area contributed by atoms with Gasteiger partial charge in [0.1, 0.15) is 11.5 Å². The summed E-state index contributed by atoms with van der Waals surface area (Å²) in [6, 6.07) is 5.66. The molecule has 34 heavy (non-hydrogen) atoms. The number of H-pyrrole nitrogens is 1. The highest BCUT2D eigenvalue weighted by molar-refractivity contribution is 6.31. The number of pyridine rings is 1. The smallest absolute Gasteiger partial charge is 0.475 e. The predicted octanol–water partition coefficient (Wildman–Crippen LogP) is 2.62. The Kier molecular flexibility index (Phi) is 7.89. The van der Waals surface area contributed by atoms with Crippen LogP contribution in [0.15, 0.2) is 30.5 Å². The van der Waals surface area contributed by atoms with Gasteiger partial charge in [0.2, 0.25) is 5.91 Å². The Labute approximate surface area is 196 Å². The number of piperidine rings is 1. The Morgan fingerprint density at radius 1 is 1.26 bits per heavy atom. The van der Waals surface area contributed by atoms with E-state index in [4.69, 9.17) is 27.2 Å². The topological polar surface area (TPSA) is 142 Å². The van der Waals surface area contributed by atoms with Crippen molar-refractivity contribution in [2.75, 3.05) is 13.1 Å². The Morgan fingerprint density at radius 3 is 2.53 bits per heavy atom. The van der Waals surface area contributed by atoms with E-state index < -0.39 is 12.1 Å². The van der Waals surface area contributed by atoms with Crippen LogP contribution in [-0.2, 0) is 16.1 Å². The molecule has 10 nitrogen and oxygen atoms in total. The van der Waals surface area contributed by atoms with Crippen molar-refractivity contribution in [3.63, 3.8) is 0 Å². The first-order valence-electron chi connectivity index (χ1n) is 10.1. The summed E-state index contributed by atoms with van der Waals surface area (Å²) < 4.78 is 33.6. The highest BCUT2D eigenvalue weighted by Crippen LogP contribution is 2.26. The van der Waals surface area contributed by atoms with E-state index in [0.717, 1.165) is 24.3 Å². The molecule has 14 heteroatoms. The van der Waals surface area contributed by atoms with Crippen molar-refractivity contribution in [1.82, 2.24) is 29.5 Å². The number of carbonyl (C=O) groups excluding carboxylic acids is 1.